The van der Waals surface area contributed by atoms with Crippen LogP contribution in [-0.2, 0) is 0 Å². The summed E-state index contributed by atoms with van der Waals surface area (Å²) in [6, 6.07) is 21.0. The van der Waals surface area contributed by atoms with Gasteiger partial charge in [-0.3, -0.25) is 4.98 Å². The zero-order valence-corrected chi connectivity index (χ0v) is 12.8. The Morgan fingerprint density at radius 3 is 2.12 bits per heavy atom. The van der Waals surface area contributed by atoms with Crippen LogP contribution in [-0.4, -0.2) is 20.1 Å². The average molecular weight is 313 g/mol. The molecule has 0 unspecified atom stereocenters. The van der Waals surface area contributed by atoms with Gasteiger partial charge in [0.25, 0.3) is 0 Å². The van der Waals surface area contributed by atoms with Gasteiger partial charge in [-0.2, -0.15) is 0 Å². The molecule has 4 rings (SSSR count). The Labute approximate surface area is 139 Å². The van der Waals surface area contributed by atoms with Crippen LogP contribution in [0.2, 0.25) is 0 Å². The molecule has 0 aliphatic heterocycles. The SMILES string of the molecule is Oc1ccc(-c2nc(-c3ccccc3)[nH]c2-c2ccncc2)cc1. The Bertz CT molecular complexity index is 945. The van der Waals surface area contributed by atoms with Crippen molar-refractivity contribution < 1.29 is 5.11 Å². The van der Waals surface area contributed by atoms with Crippen LogP contribution in [0.5, 0.6) is 5.75 Å². The molecule has 4 aromatic rings. The van der Waals surface area contributed by atoms with Crippen LogP contribution in [0.4, 0.5) is 0 Å². The number of rotatable bonds is 3. The summed E-state index contributed by atoms with van der Waals surface area (Å²) in [4.78, 5) is 12.3. The number of hydrogen-bond donors (Lipinski definition) is 2. The molecule has 116 valence electrons. The molecule has 0 spiro atoms. The highest BCUT2D eigenvalue weighted by Crippen LogP contribution is 2.33. The van der Waals surface area contributed by atoms with Crippen LogP contribution in [0.15, 0.2) is 79.1 Å². The minimum absolute atomic E-state index is 0.239. The number of H-pyrrole nitrogens is 1. The van der Waals surface area contributed by atoms with E-state index in [1.165, 1.54) is 0 Å². The summed E-state index contributed by atoms with van der Waals surface area (Å²) >= 11 is 0. The van der Waals surface area contributed by atoms with Gasteiger partial charge in [-0.15, -0.1) is 0 Å². The van der Waals surface area contributed by atoms with Crippen LogP contribution in [0.25, 0.3) is 33.9 Å². The first-order valence-electron chi connectivity index (χ1n) is 7.66. The van der Waals surface area contributed by atoms with E-state index in [0.717, 1.165) is 33.9 Å². The van der Waals surface area contributed by atoms with Gasteiger partial charge in [-0.05, 0) is 36.4 Å². The number of hydrogen-bond acceptors (Lipinski definition) is 3. The summed E-state index contributed by atoms with van der Waals surface area (Å²) in [5.74, 6) is 1.05. The molecular formula is C20H15N3O. The number of imidazole rings is 1. The molecule has 0 aliphatic carbocycles. The van der Waals surface area contributed by atoms with Crippen LogP contribution in [0.3, 0.4) is 0 Å². The summed E-state index contributed by atoms with van der Waals surface area (Å²) in [6.07, 6.45) is 3.53. The minimum atomic E-state index is 0.239. The van der Waals surface area contributed by atoms with Crippen LogP contribution in [0.1, 0.15) is 0 Å². The predicted molar refractivity (Wildman–Crippen MR) is 94.4 cm³/mol. The maximum absolute atomic E-state index is 9.54. The molecule has 2 aromatic heterocycles. The fourth-order valence-electron chi connectivity index (χ4n) is 2.66. The van der Waals surface area contributed by atoms with E-state index in [0.29, 0.717) is 0 Å². The number of benzene rings is 2. The van der Waals surface area contributed by atoms with Gasteiger partial charge in [0.2, 0.25) is 0 Å². The second-order valence-corrected chi connectivity index (χ2v) is 5.46. The highest BCUT2D eigenvalue weighted by molar-refractivity contribution is 5.81. The molecule has 2 N–H and O–H groups in total. The lowest BCUT2D eigenvalue weighted by atomic mass is 10.1. The Morgan fingerprint density at radius 2 is 1.42 bits per heavy atom. The monoisotopic (exact) mass is 313 g/mol. The third kappa shape index (κ3) is 2.65. The zero-order valence-electron chi connectivity index (χ0n) is 12.8. The van der Waals surface area contributed by atoms with Crippen molar-refractivity contribution in [1.29, 1.82) is 0 Å². The van der Waals surface area contributed by atoms with E-state index in [4.69, 9.17) is 4.98 Å². The number of aromatic nitrogens is 3. The molecule has 0 atom stereocenters. The lowest BCUT2D eigenvalue weighted by Crippen LogP contribution is -1.84. The van der Waals surface area contributed by atoms with Gasteiger partial charge in [-0.1, -0.05) is 30.3 Å². The van der Waals surface area contributed by atoms with Gasteiger partial charge in [0.05, 0.1) is 11.4 Å². The molecule has 0 saturated heterocycles. The maximum atomic E-state index is 9.54. The Kier molecular flexibility index (Phi) is 3.56. The van der Waals surface area contributed by atoms with Crippen molar-refractivity contribution in [3.05, 3.63) is 79.1 Å². The average Bonchev–Trinajstić information content (AvgIpc) is 3.09. The van der Waals surface area contributed by atoms with Crippen molar-refractivity contribution in [3.63, 3.8) is 0 Å². The Morgan fingerprint density at radius 1 is 0.708 bits per heavy atom. The van der Waals surface area contributed by atoms with Crippen molar-refractivity contribution in [3.8, 4) is 39.7 Å². The molecule has 0 amide bonds. The van der Waals surface area contributed by atoms with Crippen LogP contribution < -0.4 is 0 Å². The van der Waals surface area contributed by atoms with Gasteiger partial charge in [0.15, 0.2) is 0 Å². The molecule has 4 nitrogen and oxygen atoms in total. The first-order chi connectivity index (χ1) is 11.8. The maximum Gasteiger partial charge on any atom is 0.138 e. The number of aromatic amines is 1. The summed E-state index contributed by atoms with van der Waals surface area (Å²) in [5, 5.41) is 9.54. The van der Waals surface area contributed by atoms with Gasteiger partial charge >= 0.3 is 0 Å². The molecular weight excluding hydrogens is 298 g/mol. The lowest BCUT2D eigenvalue weighted by molar-refractivity contribution is 0.475. The Balaban J connectivity index is 1.90. The number of phenols is 1. The van der Waals surface area contributed by atoms with E-state index in [1.807, 2.05) is 54.6 Å². The standard InChI is InChI=1S/C20H15N3O/c24-17-8-6-14(7-9-17)18-19(15-10-12-21-13-11-15)23-20(22-18)16-4-2-1-3-5-16/h1-13,24H,(H,22,23). The van der Waals surface area contributed by atoms with Crippen LogP contribution >= 0.6 is 0 Å². The van der Waals surface area contributed by atoms with Crippen molar-refractivity contribution in [2.45, 2.75) is 0 Å². The smallest absolute Gasteiger partial charge is 0.138 e. The molecule has 0 fully saturated rings. The first kappa shape index (κ1) is 14.2. The van der Waals surface area contributed by atoms with Crippen molar-refractivity contribution in [1.82, 2.24) is 15.0 Å². The van der Waals surface area contributed by atoms with E-state index in [2.05, 4.69) is 9.97 Å². The molecule has 24 heavy (non-hydrogen) atoms. The molecule has 0 bridgehead atoms. The number of nitrogens with one attached hydrogen (secondary N) is 1. The summed E-state index contributed by atoms with van der Waals surface area (Å²) in [5.41, 5.74) is 4.76. The third-order valence-corrected chi connectivity index (χ3v) is 3.86. The fourth-order valence-corrected chi connectivity index (χ4v) is 2.66. The number of nitrogens with zero attached hydrogens (tertiary/aromatic N) is 2. The fraction of sp³-hybridized carbons (Fsp3) is 0. The molecule has 4 heteroatoms. The highest BCUT2D eigenvalue weighted by Gasteiger charge is 2.15. The van der Waals surface area contributed by atoms with Gasteiger partial charge < -0.3 is 10.1 Å². The van der Waals surface area contributed by atoms with Crippen molar-refractivity contribution in [2.75, 3.05) is 0 Å². The Hall–Kier alpha value is -3.40. The van der Waals surface area contributed by atoms with E-state index in [9.17, 15) is 5.11 Å². The zero-order chi connectivity index (χ0) is 16.4. The minimum Gasteiger partial charge on any atom is -0.508 e. The molecule has 2 aromatic carbocycles. The summed E-state index contributed by atoms with van der Waals surface area (Å²) in [6.45, 7) is 0. The van der Waals surface area contributed by atoms with E-state index in [-0.39, 0.29) is 5.75 Å². The summed E-state index contributed by atoms with van der Waals surface area (Å²) in [7, 11) is 0. The lowest BCUT2D eigenvalue weighted by Gasteiger charge is -2.03. The first-order valence-corrected chi connectivity index (χ1v) is 7.66. The van der Waals surface area contributed by atoms with Crippen LogP contribution in [0, 0.1) is 0 Å². The molecule has 0 radical (unpaired) electrons. The molecule has 0 aliphatic rings. The van der Waals surface area contributed by atoms with Crippen molar-refractivity contribution >= 4 is 0 Å². The second-order valence-electron chi connectivity index (χ2n) is 5.46. The molecule has 0 saturated carbocycles. The normalized spacial score (nSPS) is 10.7. The number of aromatic hydroxyl groups is 1. The highest BCUT2D eigenvalue weighted by atomic mass is 16.3. The topological polar surface area (TPSA) is 61.8 Å². The molecule has 2 heterocycles. The van der Waals surface area contributed by atoms with E-state index in [1.54, 1.807) is 24.5 Å². The number of pyridine rings is 1. The van der Waals surface area contributed by atoms with Crippen molar-refractivity contribution in [2.24, 2.45) is 0 Å². The second kappa shape index (κ2) is 6.01. The van der Waals surface area contributed by atoms with E-state index < -0.39 is 0 Å². The largest absolute Gasteiger partial charge is 0.508 e. The van der Waals surface area contributed by atoms with Gasteiger partial charge in [-0.25, -0.2) is 4.98 Å². The van der Waals surface area contributed by atoms with Gasteiger partial charge in [0.1, 0.15) is 11.6 Å². The predicted octanol–water partition coefficient (Wildman–Crippen LogP) is 4.51. The van der Waals surface area contributed by atoms with Gasteiger partial charge in [0, 0.05) is 29.1 Å². The van der Waals surface area contributed by atoms with E-state index >= 15 is 0 Å². The quantitative estimate of drug-likeness (QED) is 0.585. The summed E-state index contributed by atoms with van der Waals surface area (Å²) < 4.78 is 0. The third-order valence-electron chi connectivity index (χ3n) is 3.86. The number of phenolic OH excluding ortho intramolecular Hbond substituents is 1.